The molecule has 1 fully saturated rings. The Balaban J connectivity index is 2.73. The van der Waals surface area contributed by atoms with Crippen LogP contribution in [0.3, 0.4) is 0 Å². The van der Waals surface area contributed by atoms with E-state index in [9.17, 15) is 14.7 Å². The molecule has 0 aromatic rings. The summed E-state index contributed by atoms with van der Waals surface area (Å²) < 4.78 is 5.50. The predicted molar refractivity (Wildman–Crippen MR) is 71.9 cm³/mol. The molecule has 5 nitrogen and oxygen atoms in total. The van der Waals surface area contributed by atoms with Crippen molar-refractivity contribution in [3.8, 4) is 0 Å². The highest BCUT2D eigenvalue weighted by Gasteiger charge is 2.38. The average molecular weight is 271 g/mol. The average Bonchev–Trinajstić information content (AvgIpc) is 2.60. The summed E-state index contributed by atoms with van der Waals surface area (Å²) in [5.74, 6) is -0.937. The van der Waals surface area contributed by atoms with E-state index in [0.29, 0.717) is 32.5 Å². The number of carbonyl (C=O) groups excluding carboxylic acids is 1. The van der Waals surface area contributed by atoms with Crippen molar-refractivity contribution in [2.24, 2.45) is 5.41 Å². The lowest BCUT2D eigenvalue weighted by Crippen LogP contribution is -2.41. The number of hydrogen-bond acceptors (Lipinski definition) is 3. The van der Waals surface area contributed by atoms with E-state index in [0.717, 1.165) is 6.42 Å². The third-order valence-electron chi connectivity index (χ3n) is 4.10. The van der Waals surface area contributed by atoms with Crippen molar-refractivity contribution in [2.75, 3.05) is 19.7 Å². The van der Waals surface area contributed by atoms with Gasteiger partial charge in [-0.3, -0.25) is 9.59 Å². The Labute approximate surface area is 114 Å². The number of aliphatic carboxylic acids is 1. The predicted octanol–water partition coefficient (Wildman–Crippen LogP) is 1.90. The molecule has 1 heterocycles. The monoisotopic (exact) mass is 271 g/mol. The molecular formula is C14H25NO4. The maximum absolute atomic E-state index is 12.3. The minimum absolute atomic E-state index is 0.0222. The minimum Gasteiger partial charge on any atom is -0.481 e. The molecule has 0 bridgehead atoms. The molecule has 0 aromatic carbocycles. The zero-order valence-corrected chi connectivity index (χ0v) is 12.1. The molecule has 0 saturated carbocycles. The zero-order chi connectivity index (χ0) is 14.5. The van der Waals surface area contributed by atoms with E-state index < -0.39 is 11.4 Å². The lowest BCUT2D eigenvalue weighted by Gasteiger charge is -2.30. The van der Waals surface area contributed by atoms with Gasteiger partial charge in [-0.05, 0) is 26.2 Å². The molecular weight excluding hydrogens is 246 g/mol. The number of carbonyl (C=O) groups is 2. The largest absolute Gasteiger partial charge is 0.481 e. The molecule has 1 aliphatic rings. The van der Waals surface area contributed by atoms with Gasteiger partial charge in [0, 0.05) is 26.1 Å². The third kappa shape index (κ3) is 3.93. The van der Waals surface area contributed by atoms with E-state index in [-0.39, 0.29) is 18.4 Å². The van der Waals surface area contributed by atoms with E-state index in [1.165, 1.54) is 0 Å². The SMILES string of the molecule is CCC(CC)(CC(=O)N1CCCOC(C)C1)C(=O)O. The van der Waals surface area contributed by atoms with E-state index in [2.05, 4.69) is 0 Å². The van der Waals surface area contributed by atoms with Crippen LogP contribution in [0.15, 0.2) is 0 Å². The molecule has 0 spiro atoms. The highest BCUT2D eigenvalue weighted by Crippen LogP contribution is 2.32. The molecule has 0 aliphatic carbocycles. The van der Waals surface area contributed by atoms with Gasteiger partial charge in [0.1, 0.15) is 0 Å². The first-order chi connectivity index (χ1) is 8.95. The molecule has 5 heteroatoms. The fraction of sp³-hybridized carbons (Fsp3) is 0.857. The highest BCUT2D eigenvalue weighted by atomic mass is 16.5. The summed E-state index contributed by atoms with van der Waals surface area (Å²) in [6, 6.07) is 0. The van der Waals surface area contributed by atoms with Gasteiger partial charge in [-0.25, -0.2) is 0 Å². The Bertz CT molecular complexity index is 325. The lowest BCUT2D eigenvalue weighted by molar-refractivity contribution is -0.154. The summed E-state index contributed by atoms with van der Waals surface area (Å²) in [6.07, 6.45) is 1.87. The van der Waals surface area contributed by atoms with Gasteiger partial charge in [0.2, 0.25) is 5.91 Å². The molecule has 110 valence electrons. The summed E-state index contributed by atoms with van der Waals surface area (Å²) in [6.45, 7) is 7.48. The number of carboxylic acid groups (broad SMARTS) is 1. The summed E-state index contributed by atoms with van der Waals surface area (Å²) in [4.78, 5) is 25.5. The molecule has 19 heavy (non-hydrogen) atoms. The molecule has 0 aromatic heterocycles. The van der Waals surface area contributed by atoms with Gasteiger partial charge in [0.05, 0.1) is 11.5 Å². The Morgan fingerprint density at radius 3 is 2.53 bits per heavy atom. The number of carboxylic acids is 1. The Kier molecular flexibility index (Phi) is 5.79. The first-order valence-electron chi connectivity index (χ1n) is 7.08. The van der Waals surface area contributed by atoms with Crippen molar-refractivity contribution < 1.29 is 19.4 Å². The van der Waals surface area contributed by atoms with Crippen LogP contribution in [0.5, 0.6) is 0 Å². The summed E-state index contributed by atoms with van der Waals surface area (Å²) in [5.41, 5.74) is -0.923. The van der Waals surface area contributed by atoms with E-state index in [1.54, 1.807) is 4.90 Å². The van der Waals surface area contributed by atoms with Crippen LogP contribution in [-0.2, 0) is 14.3 Å². The Morgan fingerprint density at radius 1 is 1.37 bits per heavy atom. The minimum atomic E-state index is -0.923. The summed E-state index contributed by atoms with van der Waals surface area (Å²) >= 11 is 0. The van der Waals surface area contributed by atoms with E-state index in [1.807, 2.05) is 20.8 Å². The lowest BCUT2D eigenvalue weighted by atomic mass is 9.79. The van der Waals surface area contributed by atoms with Crippen molar-refractivity contribution in [1.82, 2.24) is 4.90 Å². The van der Waals surface area contributed by atoms with Crippen LogP contribution >= 0.6 is 0 Å². The molecule has 0 radical (unpaired) electrons. The van der Waals surface area contributed by atoms with Crippen molar-refractivity contribution in [3.05, 3.63) is 0 Å². The first-order valence-corrected chi connectivity index (χ1v) is 7.08. The molecule has 1 amide bonds. The molecule has 1 N–H and O–H groups in total. The van der Waals surface area contributed by atoms with E-state index >= 15 is 0 Å². The van der Waals surface area contributed by atoms with E-state index in [4.69, 9.17) is 4.74 Å². The number of ether oxygens (including phenoxy) is 1. The van der Waals surface area contributed by atoms with Crippen molar-refractivity contribution in [3.63, 3.8) is 0 Å². The van der Waals surface area contributed by atoms with Crippen molar-refractivity contribution in [2.45, 2.75) is 52.6 Å². The topological polar surface area (TPSA) is 66.8 Å². The quantitative estimate of drug-likeness (QED) is 0.829. The fourth-order valence-electron chi connectivity index (χ4n) is 2.50. The fourth-order valence-corrected chi connectivity index (χ4v) is 2.50. The van der Waals surface area contributed by atoms with Gasteiger partial charge >= 0.3 is 5.97 Å². The second-order valence-corrected chi connectivity index (χ2v) is 5.34. The number of rotatable bonds is 5. The Morgan fingerprint density at radius 2 is 2.00 bits per heavy atom. The van der Waals surface area contributed by atoms with Crippen LogP contribution in [0, 0.1) is 5.41 Å². The third-order valence-corrected chi connectivity index (χ3v) is 4.10. The zero-order valence-electron chi connectivity index (χ0n) is 12.1. The number of nitrogens with zero attached hydrogens (tertiary/aromatic N) is 1. The molecule has 1 atom stereocenters. The highest BCUT2D eigenvalue weighted by molar-refractivity contribution is 5.85. The molecule has 1 saturated heterocycles. The van der Waals surface area contributed by atoms with Crippen LogP contribution < -0.4 is 0 Å². The van der Waals surface area contributed by atoms with Gasteiger partial charge < -0.3 is 14.7 Å². The molecule has 1 rings (SSSR count). The standard InChI is InChI=1S/C14H25NO4/c1-4-14(5-2,13(17)18)9-12(16)15-7-6-8-19-11(3)10-15/h11H,4-10H2,1-3H3,(H,17,18). The normalized spacial score (nSPS) is 21.0. The van der Waals surface area contributed by atoms with Gasteiger partial charge in [-0.15, -0.1) is 0 Å². The first kappa shape index (κ1) is 16.0. The summed E-state index contributed by atoms with van der Waals surface area (Å²) in [7, 11) is 0. The smallest absolute Gasteiger partial charge is 0.310 e. The van der Waals surface area contributed by atoms with Gasteiger partial charge in [-0.2, -0.15) is 0 Å². The van der Waals surface area contributed by atoms with Gasteiger partial charge in [-0.1, -0.05) is 13.8 Å². The Hall–Kier alpha value is -1.10. The number of hydrogen-bond donors (Lipinski definition) is 1. The molecule has 1 aliphatic heterocycles. The van der Waals surface area contributed by atoms with Crippen molar-refractivity contribution >= 4 is 11.9 Å². The van der Waals surface area contributed by atoms with Gasteiger partial charge in [0.15, 0.2) is 0 Å². The van der Waals surface area contributed by atoms with Crippen LogP contribution in [0.25, 0.3) is 0 Å². The second-order valence-electron chi connectivity index (χ2n) is 5.34. The van der Waals surface area contributed by atoms with Crippen LogP contribution in [0.4, 0.5) is 0 Å². The van der Waals surface area contributed by atoms with Gasteiger partial charge in [0.25, 0.3) is 0 Å². The van der Waals surface area contributed by atoms with Crippen molar-refractivity contribution in [1.29, 1.82) is 0 Å². The van der Waals surface area contributed by atoms with Crippen LogP contribution in [0.1, 0.15) is 46.5 Å². The maximum atomic E-state index is 12.3. The molecule has 1 unspecified atom stereocenters. The van der Waals surface area contributed by atoms with Crippen LogP contribution in [0.2, 0.25) is 0 Å². The maximum Gasteiger partial charge on any atom is 0.310 e. The summed E-state index contributed by atoms with van der Waals surface area (Å²) in [5, 5.41) is 9.38. The van der Waals surface area contributed by atoms with Crippen LogP contribution in [-0.4, -0.2) is 47.7 Å². The second kappa shape index (κ2) is 6.89. The number of amides is 1.